The zero-order valence-corrected chi connectivity index (χ0v) is 12.7. The number of alkyl halides is 3. The predicted octanol–water partition coefficient (Wildman–Crippen LogP) is 1.14. The van der Waals surface area contributed by atoms with E-state index in [1.807, 2.05) is 6.92 Å². The van der Waals surface area contributed by atoms with Crippen molar-refractivity contribution >= 4 is 11.8 Å². The van der Waals surface area contributed by atoms with Crippen LogP contribution in [0.15, 0.2) is 0 Å². The van der Waals surface area contributed by atoms with Gasteiger partial charge in [-0.05, 0) is 45.7 Å². The molecule has 0 bridgehead atoms. The molecule has 2 fully saturated rings. The summed E-state index contributed by atoms with van der Waals surface area (Å²) in [6, 6.07) is -0.848. The number of nitrogens with one attached hydrogen (secondary N) is 1. The monoisotopic (exact) mass is 321 g/mol. The standard InChI is InChI=1S/C14H22F3N3O2/c1-10(19-6-2-3-7-19)9-18-12(21)11-5-4-8-20(11)13(22)14(15,16)17/h10-11H,2-9H2,1H3,(H,18,21). The highest BCUT2D eigenvalue weighted by Gasteiger charge is 2.47. The first-order valence-electron chi connectivity index (χ1n) is 7.70. The second-order valence-electron chi connectivity index (χ2n) is 5.99. The Kier molecular flexibility index (Phi) is 5.31. The zero-order valence-electron chi connectivity index (χ0n) is 12.7. The molecule has 2 aliphatic rings. The molecule has 1 N–H and O–H groups in total. The fourth-order valence-corrected chi connectivity index (χ4v) is 3.12. The number of likely N-dealkylation sites (tertiary alicyclic amines) is 2. The first-order valence-corrected chi connectivity index (χ1v) is 7.70. The van der Waals surface area contributed by atoms with E-state index in [1.54, 1.807) is 0 Å². The molecule has 8 heteroatoms. The van der Waals surface area contributed by atoms with Crippen LogP contribution >= 0.6 is 0 Å². The average Bonchev–Trinajstić information content (AvgIpc) is 3.12. The molecule has 2 heterocycles. The molecule has 126 valence electrons. The van der Waals surface area contributed by atoms with Crippen molar-refractivity contribution < 1.29 is 22.8 Å². The minimum absolute atomic E-state index is 0.0158. The number of amides is 2. The van der Waals surface area contributed by atoms with Gasteiger partial charge in [-0.3, -0.25) is 14.5 Å². The highest BCUT2D eigenvalue weighted by molar-refractivity contribution is 5.90. The summed E-state index contributed by atoms with van der Waals surface area (Å²) in [7, 11) is 0. The third kappa shape index (κ3) is 3.91. The van der Waals surface area contributed by atoms with Crippen LogP contribution in [0, 0.1) is 0 Å². The molecule has 0 radical (unpaired) electrons. The Labute approximate surface area is 127 Å². The molecule has 2 amide bonds. The third-order valence-electron chi connectivity index (χ3n) is 4.39. The van der Waals surface area contributed by atoms with Gasteiger partial charge >= 0.3 is 12.1 Å². The topological polar surface area (TPSA) is 52.7 Å². The second-order valence-corrected chi connectivity index (χ2v) is 5.99. The quantitative estimate of drug-likeness (QED) is 0.845. The molecule has 2 unspecified atom stereocenters. The van der Waals surface area contributed by atoms with Gasteiger partial charge in [0.05, 0.1) is 0 Å². The van der Waals surface area contributed by atoms with Crippen LogP contribution in [0.25, 0.3) is 0 Å². The van der Waals surface area contributed by atoms with Gasteiger partial charge in [-0.15, -0.1) is 0 Å². The van der Waals surface area contributed by atoms with Crippen LogP contribution in [0.3, 0.4) is 0 Å². The molecule has 0 saturated carbocycles. The molecular formula is C14H22F3N3O2. The van der Waals surface area contributed by atoms with E-state index >= 15 is 0 Å². The van der Waals surface area contributed by atoms with Crippen LogP contribution in [-0.2, 0) is 9.59 Å². The van der Waals surface area contributed by atoms with E-state index in [-0.39, 0.29) is 19.0 Å². The highest BCUT2D eigenvalue weighted by atomic mass is 19.4. The van der Waals surface area contributed by atoms with Crippen molar-refractivity contribution in [1.82, 2.24) is 15.1 Å². The number of halogens is 3. The molecule has 0 aromatic rings. The Morgan fingerprint density at radius 3 is 2.41 bits per heavy atom. The predicted molar refractivity (Wildman–Crippen MR) is 74.1 cm³/mol. The van der Waals surface area contributed by atoms with Crippen molar-refractivity contribution in [3.05, 3.63) is 0 Å². The smallest absolute Gasteiger partial charge is 0.353 e. The van der Waals surface area contributed by atoms with Gasteiger partial charge in [0.1, 0.15) is 6.04 Å². The van der Waals surface area contributed by atoms with Crippen LogP contribution in [0.2, 0.25) is 0 Å². The Balaban J connectivity index is 1.86. The van der Waals surface area contributed by atoms with E-state index < -0.39 is 24.0 Å². The fourth-order valence-electron chi connectivity index (χ4n) is 3.12. The van der Waals surface area contributed by atoms with Gasteiger partial charge in [0.15, 0.2) is 0 Å². The van der Waals surface area contributed by atoms with Crippen molar-refractivity contribution in [2.45, 2.75) is 50.9 Å². The van der Waals surface area contributed by atoms with Crippen LogP contribution in [-0.4, -0.2) is 66.1 Å². The van der Waals surface area contributed by atoms with Crippen molar-refractivity contribution in [3.8, 4) is 0 Å². The summed E-state index contributed by atoms with van der Waals surface area (Å²) in [5, 5.41) is 2.70. The SMILES string of the molecule is CC(CNC(=O)C1CCCN1C(=O)C(F)(F)F)N1CCCC1. The summed E-state index contributed by atoms with van der Waals surface area (Å²) in [4.78, 5) is 26.3. The van der Waals surface area contributed by atoms with Crippen LogP contribution in [0.5, 0.6) is 0 Å². The number of hydrogen-bond acceptors (Lipinski definition) is 3. The zero-order chi connectivity index (χ0) is 16.3. The summed E-state index contributed by atoms with van der Waals surface area (Å²) in [5.74, 6) is -2.40. The molecule has 2 saturated heterocycles. The van der Waals surface area contributed by atoms with Crippen molar-refractivity contribution in [2.24, 2.45) is 0 Å². The summed E-state index contributed by atoms with van der Waals surface area (Å²) in [6.45, 7) is 4.33. The van der Waals surface area contributed by atoms with Gasteiger partial charge in [-0.25, -0.2) is 0 Å². The lowest BCUT2D eigenvalue weighted by atomic mass is 10.2. The van der Waals surface area contributed by atoms with Crippen molar-refractivity contribution in [3.63, 3.8) is 0 Å². The minimum Gasteiger partial charge on any atom is -0.353 e. The lowest BCUT2D eigenvalue weighted by Gasteiger charge is -2.27. The Hall–Kier alpha value is -1.31. The van der Waals surface area contributed by atoms with E-state index in [9.17, 15) is 22.8 Å². The molecule has 2 rings (SSSR count). The number of nitrogens with zero attached hydrogens (tertiary/aromatic N) is 2. The number of carbonyl (C=O) groups excluding carboxylic acids is 2. The third-order valence-corrected chi connectivity index (χ3v) is 4.39. The van der Waals surface area contributed by atoms with Gasteiger partial charge in [-0.1, -0.05) is 0 Å². The van der Waals surface area contributed by atoms with E-state index in [2.05, 4.69) is 10.2 Å². The van der Waals surface area contributed by atoms with Gasteiger partial charge < -0.3 is 10.2 Å². The second kappa shape index (κ2) is 6.85. The Morgan fingerprint density at radius 2 is 1.82 bits per heavy atom. The van der Waals surface area contributed by atoms with E-state index in [1.165, 1.54) is 0 Å². The van der Waals surface area contributed by atoms with E-state index in [4.69, 9.17) is 0 Å². The van der Waals surface area contributed by atoms with Crippen LogP contribution < -0.4 is 5.32 Å². The van der Waals surface area contributed by atoms with Crippen molar-refractivity contribution in [2.75, 3.05) is 26.2 Å². The Bertz CT molecular complexity index is 422. The van der Waals surface area contributed by atoms with Crippen molar-refractivity contribution in [1.29, 1.82) is 0 Å². The van der Waals surface area contributed by atoms with Gasteiger partial charge in [-0.2, -0.15) is 13.2 Å². The van der Waals surface area contributed by atoms with E-state index in [0.29, 0.717) is 17.9 Å². The molecule has 2 aliphatic heterocycles. The normalized spacial score (nSPS) is 24.5. The number of hydrogen-bond donors (Lipinski definition) is 1. The van der Waals surface area contributed by atoms with Gasteiger partial charge in [0.2, 0.25) is 5.91 Å². The van der Waals surface area contributed by atoms with Gasteiger partial charge in [0, 0.05) is 19.1 Å². The van der Waals surface area contributed by atoms with Crippen LogP contribution in [0.1, 0.15) is 32.6 Å². The average molecular weight is 321 g/mol. The molecule has 2 atom stereocenters. The largest absolute Gasteiger partial charge is 0.471 e. The maximum atomic E-state index is 12.5. The minimum atomic E-state index is -4.92. The molecule has 5 nitrogen and oxygen atoms in total. The van der Waals surface area contributed by atoms with E-state index in [0.717, 1.165) is 25.9 Å². The van der Waals surface area contributed by atoms with Crippen LogP contribution in [0.4, 0.5) is 13.2 Å². The maximum absolute atomic E-state index is 12.5. The molecule has 0 aliphatic carbocycles. The molecule has 22 heavy (non-hydrogen) atoms. The lowest BCUT2D eigenvalue weighted by Crippen LogP contribution is -2.51. The first kappa shape index (κ1) is 17.1. The summed E-state index contributed by atoms with van der Waals surface area (Å²) in [5.41, 5.74) is 0. The number of rotatable bonds is 4. The molecule has 0 aromatic heterocycles. The summed E-state index contributed by atoms with van der Waals surface area (Å²) < 4.78 is 37.6. The van der Waals surface area contributed by atoms with Gasteiger partial charge in [0.25, 0.3) is 0 Å². The summed E-state index contributed by atoms with van der Waals surface area (Å²) in [6.07, 6.45) is -1.96. The first-order chi connectivity index (χ1) is 10.3. The molecular weight excluding hydrogens is 299 g/mol. The molecule has 0 aromatic carbocycles. The Morgan fingerprint density at radius 1 is 1.18 bits per heavy atom. The number of carbonyl (C=O) groups is 2. The maximum Gasteiger partial charge on any atom is 0.471 e. The molecule has 0 spiro atoms. The fraction of sp³-hybridized carbons (Fsp3) is 0.857. The highest BCUT2D eigenvalue weighted by Crippen LogP contribution is 2.25. The summed E-state index contributed by atoms with van der Waals surface area (Å²) >= 11 is 0. The lowest BCUT2D eigenvalue weighted by molar-refractivity contribution is -0.186.